The number of ether oxygens (including phenoxy) is 1. The van der Waals surface area contributed by atoms with Crippen LogP contribution in [0.15, 0.2) is 24.3 Å². The minimum atomic E-state index is 0.132. The normalized spacial score (nSPS) is 17.5. The number of benzene rings is 1. The zero-order chi connectivity index (χ0) is 12.8. The molecule has 2 rings (SSSR count). The van der Waals surface area contributed by atoms with Gasteiger partial charge in [0.2, 0.25) is 0 Å². The number of anilines is 1. The van der Waals surface area contributed by atoms with Gasteiger partial charge < -0.3 is 14.4 Å². The zero-order valence-corrected chi connectivity index (χ0v) is 11.0. The summed E-state index contributed by atoms with van der Waals surface area (Å²) in [6.07, 6.45) is 2.82. The summed E-state index contributed by atoms with van der Waals surface area (Å²) in [4.78, 5) is 13.4. The van der Waals surface area contributed by atoms with Crippen molar-refractivity contribution in [1.82, 2.24) is 0 Å². The summed E-state index contributed by atoms with van der Waals surface area (Å²) in [6.45, 7) is 5.53. The molecule has 0 aromatic heterocycles. The molecule has 3 nitrogen and oxygen atoms in total. The highest BCUT2D eigenvalue weighted by Crippen LogP contribution is 2.24. The van der Waals surface area contributed by atoms with Gasteiger partial charge in [-0.1, -0.05) is 25.1 Å². The standard InChI is InChI=1S/C15H21NO2/c1-2-13(12-17)11-14-5-3-4-6-15(14)16-7-9-18-10-8-16/h3-6,12-13H,2,7-11H2,1H3. The summed E-state index contributed by atoms with van der Waals surface area (Å²) in [6, 6.07) is 8.40. The molecule has 98 valence electrons. The molecule has 3 heteroatoms. The highest BCUT2D eigenvalue weighted by molar-refractivity contribution is 5.59. The van der Waals surface area contributed by atoms with Crippen LogP contribution in [0, 0.1) is 5.92 Å². The molecule has 0 aliphatic carbocycles. The highest BCUT2D eigenvalue weighted by atomic mass is 16.5. The van der Waals surface area contributed by atoms with Crippen LogP contribution >= 0.6 is 0 Å². The molecule has 0 saturated carbocycles. The molecular formula is C15H21NO2. The van der Waals surface area contributed by atoms with E-state index in [0.717, 1.165) is 45.4 Å². The number of para-hydroxylation sites is 1. The second-order valence-electron chi connectivity index (χ2n) is 4.74. The Morgan fingerprint density at radius 3 is 2.72 bits per heavy atom. The lowest BCUT2D eigenvalue weighted by Crippen LogP contribution is -2.36. The van der Waals surface area contributed by atoms with Gasteiger partial charge in [0, 0.05) is 24.7 Å². The molecular weight excluding hydrogens is 226 g/mol. The Morgan fingerprint density at radius 2 is 2.06 bits per heavy atom. The molecule has 1 aliphatic rings. The first-order chi connectivity index (χ1) is 8.85. The van der Waals surface area contributed by atoms with Crippen LogP contribution in [0.2, 0.25) is 0 Å². The van der Waals surface area contributed by atoms with Gasteiger partial charge in [0.15, 0.2) is 0 Å². The fourth-order valence-corrected chi connectivity index (χ4v) is 2.37. The summed E-state index contributed by atoms with van der Waals surface area (Å²) in [5, 5.41) is 0. The van der Waals surface area contributed by atoms with Gasteiger partial charge >= 0.3 is 0 Å². The predicted octanol–water partition coefficient (Wildman–Crippen LogP) is 2.29. The van der Waals surface area contributed by atoms with E-state index >= 15 is 0 Å². The first-order valence-electron chi connectivity index (χ1n) is 6.71. The van der Waals surface area contributed by atoms with Crippen molar-refractivity contribution in [2.45, 2.75) is 19.8 Å². The van der Waals surface area contributed by atoms with E-state index in [2.05, 4.69) is 36.1 Å². The van der Waals surface area contributed by atoms with E-state index in [9.17, 15) is 4.79 Å². The SMILES string of the molecule is CCC(C=O)Cc1ccccc1N1CCOCC1. The van der Waals surface area contributed by atoms with Crippen LogP contribution in [0.1, 0.15) is 18.9 Å². The summed E-state index contributed by atoms with van der Waals surface area (Å²) >= 11 is 0. The van der Waals surface area contributed by atoms with Crippen LogP contribution in [0.5, 0.6) is 0 Å². The molecule has 18 heavy (non-hydrogen) atoms. The fraction of sp³-hybridized carbons (Fsp3) is 0.533. The maximum atomic E-state index is 11.0. The number of carbonyl (C=O) groups is 1. The Labute approximate surface area is 109 Å². The Morgan fingerprint density at radius 1 is 1.33 bits per heavy atom. The third-order valence-corrected chi connectivity index (χ3v) is 3.54. The van der Waals surface area contributed by atoms with Gasteiger partial charge in [0.25, 0.3) is 0 Å². The van der Waals surface area contributed by atoms with Crippen molar-refractivity contribution in [1.29, 1.82) is 0 Å². The van der Waals surface area contributed by atoms with Gasteiger partial charge in [-0.2, -0.15) is 0 Å². The molecule has 0 N–H and O–H groups in total. The Hall–Kier alpha value is -1.35. The van der Waals surface area contributed by atoms with Gasteiger partial charge in [0.1, 0.15) is 6.29 Å². The van der Waals surface area contributed by atoms with Crippen LogP contribution in [-0.2, 0) is 16.0 Å². The van der Waals surface area contributed by atoms with E-state index in [-0.39, 0.29) is 5.92 Å². The predicted molar refractivity (Wildman–Crippen MR) is 73.0 cm³/mol. The van der Waals surface area contributed by atoms with E-state index in [0.29, 0.717) is 0 Å². The molecule has 1 atom stereocenters. The lowest BCUT2D eigenvalue weighted by molar-refractivity contribution is -0.111. The zero-order valence-electron chi connectivity index (χ0n) is 11.0. The molecule has 0 bridgehead atoms. The molecule has 0 amide bonds. The van der Waals surface area contributed by atoms with Crippen molar-refractivity contribution in [3.63, 3.8) is 0 Å². The molecule has 1 saturated heterocycles. The van der Waals surface area contributed by atoms with Crippen LogP contribution in [-0.4, -0.2) is 32.6 Å². The second kappa shape index (κ2) is 6.55. The average molecular weight is 247 g/mol. The van der Waals surface area contributed by atoms with Crippen molar-refractivity contribution in [3.05, 3.63) is 29.8 Å². The lowest BCUT2D eigenvalue weighted by Gasteiger charge is -2.31. The van der Waals surface area contributed by atoms with E-state index < -0.39 is 0 Å². The third-order valence-electron chi connectivity index (χ3n) is 3.54. The number of aldehydes is 1. The van der Waals surface area contributed by atoms with Gasteiger partial charge in [-0.3, -0.25) is 0 Å². The van der Waals surface area contributed by atoms with E-state index in [1.54, 1.807) is 0 Å². The minimum absolute atomic E-state index is 0.132. The molecule has 1 aromatic rings. The summed E-state index contributed by atoms with van der Waals surface area (Å²) in [5.41, 5.74) is 2.54. The number of rotatable bonds is 5. The third kappa shape index (κ3) is 3.10. The summed E-state index contributed by atoms with van der Waals surface area (Å²) < 4.78 is 5.39. The largest absolute Gasteiger partial charge is 0.378 e. The number of nitrogens with zero attached hydrogens (tertiary/aromatic N) is 1. The second-order valence-corrected chi connectivity index (χ2v) is 4.74. The lowest BCUT2D eigenvalue weighted by atomic mass is 9.96. The number of morpholine rings is 1. The smallest absolute Gasteiger partial charge is 0.123 e. The summed E-state index contributed by atoms with van der Waals surface area (Å²) in [7, 11) is 0. The van der Waals surface area contributed by atoms with Gasteiger partial charge in [-0.25, -0.2) is 0 Å². The van der Waals surface area contributed by atoms with E-state index in [1.807, 2.05) is 0 Å². The van der Waals surface area contributed by atoms with Crippen molar-refractivity contribution < 1.29 is 9.53 Å². The van der Waals surface area contributed by atoms with Crippen molar-refractivity contribution in [3.8, 4) is 0 Å². The van der Waals surface area contributed by atoms with Crippen molar-refractivity contribution in [2.24, 2.45) is 5.92 Å². The van der Waals surface area contributed by atoms with Crippen LogP contribution < -0.4 is 4.90 Å². The highest BCUT2D eigenvalue weighted by Gasteiger charge is 2.16. The molecule has 1 fully saturated rings. The fourth-order valence-electron chi connectivity index (χ4n) is 2.37. The minimum Gasteiger partial charge on any atom is -0.378 e. The van der Waals surface area contributed by atoms with Crippen LogP contribution in [0.4, 0.5) is 5.69 Å². The molecule has 1 unspecified atom stereocenters. The summed E-state index contributed by atoms with van der Waals surface area (Å²) in [5.74, 6) is 0.132. The van der Waals surface area contributed by atoms with Crippen molar-refractivity contribution in [2.75, 3.05) is 31.2 Å². The van der Waals surface area contributed by atoms with Crippen molar-refractivity contribution >= 4 is 12.0 Å². The molecule has 1 aliphatic heterocycles. The topological polar surface area (TPSA) is 29.5 Å². The van der Waals surface area contributed by atoms with Gasteiger partial charge in [0.05, 0.1) is 13.2 Å². The maximum absolute atomic E-state index is 11.0. The number of carbonyl (C=O) groups excluding carboxylic acids is 1. The first-order valence-corrected chi connectivity index (χ1v) is 6.71. The van der Waals surface area contributed by atoms with Crippen LogP contribution in [0.3, 0.4) is 0 Å². The quantitative estimate of drug-likeness (QED) is 0.748. The Balaban J connectivity index is 2.16. The number of hydrogen-bond donors (Lipinski definition) is 0. The van der Waals surface area contributed by atoms with Crippen LogP contribution in [0.25, 0.3) is 0 Å². The average Bonchev–Trinajstić information content (AvgIpc) is 2.46. The monoisotopic (exact) mass is 247 g/mol. The maximum Gasteiger partial charge on any atom is 0.123 e. The first kappa shape index (κ1) is 13.1. The van der Waals surface area contributed by atoms with E-state index in [1.165, 1.54) is 11.3 Å². The Bertz CT molecular complexity index is 386. The van der Waals surface area contributed by atoms with Gasteiger partial charge in [-0.15, -0.1) is 0 Å². The molecule has 0 radical (unpaired) electrons. The molecule has 1 heterocycles. The molecule has 0 spiro atoms. The Kier molecular flexibility index (Phi) is 4.76. The van der Waals surface area contributed by atoms with E-state index in [4.69, 9.17) is 4.74 Å². The molecule has 1 aromatic carbocycles. The number of hydrogen-bond acceptors (Lipinski definition) is 3. The van der Waals surface area contributed by atoms with Gasteiger partial charge in [-0.05, 0) is 24.5 Å².